The largest absolute Gasteiger partial charge is 0.456 e. The maximum Gasteiger partial charge on any atom is 0.299 e. The van der Waals surface area contributed by atoms with Crippen LogP contribution in [-0.4, -0.2) is 10.5 Å². The molecule has 1 aliphatic heterocycles. The van der Waals surface area contributed by atoms with E-state index in [1.807, 2.05) is 30.3 Å². The van der Waals surface area contributed by atoms with Crippen molar-refractivity contribution in [3.8, 4) is 22.3 Å². The number of amidine groups is 1. The molecule has 0 spiro atoms. The van der Waals surface area contributed by atoms with Gasteiger partial charge in [-0.3, -0.25) is 0 Å². The molecule has 0 fully saturated rings. The molecule has 2 aromatic heterocycles. The first-order chi connectivity index (χ1) is 24.7. The van der Waals surface area contributed by atoms with E-state index >= 15 is 0 Å². The van der Waals surface area contributed by atoms with E-state index in [1.54, 1.807) is 0 Å². The molecule has 0 radical (unpaired) electrons. The van der Waals surface area contributed by atoms with Gasteiger partial charge in [-0.05, 0) is 64.7 Å². The van der Waals surface area contributed by atoms with Crippen molar-refractivity contribution in [2.24, 2.45) is 10.1 Å². The van der Waals surface area contributed by atoms with E-state index in [0.29, 0.717) is 12.4 Å². The van der Waals surface area contributed by atoms with Crippen molar-refractivity contribution in [2.75, 3.05) is 0 Å². The van der Waals surface area contributed by atoms with E-state index in [1.165, 1.54) is 0 Å². The highest BCUT2D eigenvalue weighted by Gasteiger charge is 2.34. The number of aliphatic imine (C=N–C) groups is 1. The number of benzene rings is 7. The second-order valence-electron chi connectivity index (χ2n) is 12.8. The van der Waals surface area contributed by atoms with Crippen LogP contribution in [0.1, 0.15) is 22.9 Å². The van der Waals surface area contributed by atoms with Gasteiger partial charge in [-0.25, -0.2) is 0 Å². The Kier molecular flexibility index (Phi) is 6.56. The zero-order chi connectivity index (χ0) is 33.0. The molecule has 0 aliphatic carbocycles. The Morgan fingerprint density at radius 3 is 1.86 bits per heavy atom. The molecule has 3 heterocycles. The summed E-state index contributed by atoms with van der Waals surface area (Å²) in [4.78, 5) is 5.31. The number of rotatable bonds is 6. The maximum absolute atomic E-state index is 6.48. The van der Waals surface area contributed by atoms with Crippen LogP contribution in [0.25, 0.3) is 66.1 Å². The summed E-state index contributed by atoms with van der Waals surface area (Å²) < 4.78 is 15.0. The Bertz CT molecular complexity index is 2780. The third kappa shape index (κ3) is 4.82. The van der Waals surface area contributed by atoms with Crippen LogP contribution in [0.2, 0.25) is 0 Å². The van der Waals surface area contributed by atoms with Crippen molar-refractivity contribution in [1.29, 1.82) is 0 Å². The topological polar surface area (TPSA) is 54.0 Å². The molecular formula is C45H30N3O2+. The molecule has 0 bridgehead atoms. The second-order valence-corrected chi connectivity index (χ2v) is 12.8. The molecule has 0 saturated heterocycles. The van der Waals surface area contributed by atoms with E-state index in [9.17, 15) is 0 Å². The molecule has 1 aliphatic rings. The van der Waals surface area contributed by atoms with Crippen LogP contribution < -0.4 is 0 Å². The number of hydrogen-bond donors (Lipinski definition) is 0. The lowest BCUT2D eigenvalue weighted by atomic mass is 9.96. The molecule has 7 aromatic carbocycles. The third-order valence-corrected chi connectivity index (χ3v) is 9.66. The van der Waals surface area contributed by atoms with Gasteiger partial charge < -0.3 is 8.83 Å². The number of hydrogen-bond acceptors (Lipinski definition) is 4. The molecule has 0 saturated carbocycles. The lowest BCUT2D eigenvalue weighted by Gasteiger charge is -2.10. The molecule has 0 amide bonds. The van der Waals surface area contributed by atoms with Gasteiger partial charge in [-0.2, -0.15) is 4.99 Å². The molecule has 1 atom stereocenters. The molecule has 9 aromatic rings. The number of nitrogens with zero attached hydrogens (tertiary/aromatic N) is 3. The highest BCUT2D eigenvalue weighted by atomic mass is 16.3. The molecule has 236 valence electrons. The molecular weight excluding hydrogens is 615 g/mol. The number of azo groups is 2. The fourth-order valence-electron chi connectivity index (χ4n) is 7.25. The lowest BCUT2D eigenvalue weighted by Crippen LogP contribution is -2.12. The van der Waals surface area contributed by atoms with E-state index in [4.69, 9.17) is 18.9 Å². The molecule has 10 rings (SSSR count). The fourth-order valence-corrected chi connectivity index (χ4v) is 7.25. The number of fused-ring (bicyclic) bond motifs is 6. The van der Waals surface area contributed by atoms with Crippen molar-refractivity contribution < 1.29 is 13.5 Å². The van der Waals surface area contributed by atoms with Gasteiger partial charge in [0.25, 0.3) is 6.17 Å². The summed E-state index contributed by atoms with van der Waals surface area (Å²) in [5, 5.41) is 9.53. The molecule has 5 heteroatoms. The molecule has 1 unspecified atom stereocenters. The third-order valence-electron chi connectivity index (χ3n) is 9.66. The Balaban J connectivity index is 1.11. The van der Waals surface area contributed by atoms with Gasteiger partial charge in [0.15, 0.2) is 6.54 Å². The first-order valence-electron chi connectivity index (χ1n) is 16.9. The Labute approximate surface area is 288 Å². The molecule has 50 heavy (non-hydrogen) atoms. The van der Waals surface area contributed by atoms with Crippen molar-refractivity contribution in [2.45, 2.75) is 12.7 Å². The quantitative estimate of drug-likeness (QED) is 0.169. The van der Waals surface area contributed by atoms with Gasteiger partial charge in [-0.1, -0.05) is 126 Å². The van der Waals surface area contributed by atoms with E-state index in [0.717, 1.165) is 82.8 Å². The summed E-state index contributed by atoms with van der Waals surface area (Å²) >= 11 is 0. The summed E-state index contributed by atoms with van der Waals surface area (Å²) in [6.45, 7) is 0.604. The van der Waals surface area contributed by atoms with Crippen LogP contribution in [0.3, 0.4) is 0 Å². The highest BCUT2D eigenvalue weighted by molar-refractivity contribution is 6.13. The first kappa shape index (κ1) is 28.4. The van der Waals surface area contributed by atoms with E-state index in [-0.39, 0.29) is 6.17 Å². The van der Waals surface area contributed by atoms with E-state index < -0.39 is 0 Å². The maximum atomic E-state index is 6.48. The smallest absolute Gasteiger partial charge is 0.299 e. The van der Waals surface area contributed by atoms with Crippen LogP contribution in [0.4, 0.5) is 0 Å². The van der Waals surface area contributed by atoms with Crippen LogP contribution in [0, 0.1) is 0 Å². The fraction of sp³-hybridized carbons (Fsp3) is 0.0444. The first-order valence-corrected chi connectivity index (χ1v) is 16.9. The summed E-state index contributed by atoms with van der Waals surface area (Å²) in [5.41, 5.74) is 11.0. The Morgan fingerprint density at radius 1 is 0.480 bits per heavy atom. The van der Waals surface area contributed by atoms with Gasteiger partial charge in [0.1, 0.15) is 22.3 Å². The van der Waals surface area contributed by atoms with Crippen molar-refractivity contribution in [3.63, 3.8) is 0 Å². The van der Waals surface area contributed by atoms with Gasteiger partial charge in [0.05, 0.1) is 5.56 Å². The van der Waals surface area contributed by atoms with Crippen molar-refractivity contribution in [1.82, 2.24) is 0 Å². The number of para-hydroxylation sites is 1. The SMILES string of the molecule is c1ccc(C[N+]2=NC(c3ccc4c(c3)oc3cc(-c5ccccc5)ccc34)=NC2c2cc(-c3ccccc3)c3c(c2)oc2ccccc23)cc1. The Morgan fingerprint density at radius 2 is 1.10 bits per heavy atom. The van der Waals surface area contributed by atoms with Crippen LogP contribution >= 0.6 is 0 Å². The molecule has 0 N–H and O–H groups in total. The van der Waals surface area contributed by atoms with Crippen molar-refractivity contribution in [3.05, 3.63) is 180 Å². The average molecular weight is 645 g/mol. The lowest BCUT2D eigenvalue weighted by molar-refractivity contribution is -0.636. The zero-order valence-electron chi connectivity index (χ0n) is 27.0. The highest BCUT2D eigenvalue weighted by Crippen LogP contribution is 2.41. The standard InChI is InChI=1S/C45H30N3O2/c1-4-12-29(13-5-1)28-48-45(34-24-38(31-16-8-3-9-17-31)43-37-18-10-11-19-39(37)49-42(43)27-34)46-44(47-48)33-21-23-36-35-22-20-32(30-14-6-2-7-15-30)25-40(35)50-41(36)26-33/h1-27,45H,28H2/q+1. The summed E-state index contributed by atoms with van der Waals surface area (Å²) in [6, 6.07) is 56.7. The normalized spacial score (nSPS) is 14.5. The zero-order valence-corrected chi connectivity index (χ0v) is 27.0. The predicted molar refractivity (Wildman–Crippen MR) is 200 cm³/mol. The summed E-state index contributed by atoms with van der Waals surface area (Å²) in [5.74, 6) is 0.671. The second kappa shape index (κ2) is 11.5. The van der Waals surface area contributed by atoms with Gasteiger partial charge in [0, 0.05) is 37.8 Å². The van der Waals surface area contributed by atoms with Crippen molar-refractivity contribution >= 4 is 49.7 Å². The van der Waals surface area contributed by atoms with Crippen LogP contribution in [0.5, 0.6) is 0 Å². The summed E-state index contributed by atoms with van der Waals surface area (Å²) in [7, 11) is 0. The van der Waals surface area contributed by atoms with Gasteiger partial charge >= 0.3 is 0 Å². The minimum Gasteiger partial charge on any atom is -0.456 e. The van der Waals surface area contributed by atoms with Gasteiger partial charge in [0.2, 0.25) is 5.84 Å². The van der Waals surface area contributed by atoms with Gasteiger partial charge in [-0.15, -0.1) is 0 Å². The minimum absolute atomic E-state index is 0.356. The molecule has 5 nitrogen and oxygen atoms in total. The minimum atomic E-state index is -0.356. The Hall–Kier alpha value is -6.59. The number of furan rings is 2. The summed E-state index contributed by atoms with van der Waals surface area (Å²) in [6.07, 6.45) is -0.356. The monoisotopic (exact) mass is 644 g/mol. The predicted octanol–water partition coefficient (Wildman–Crippen LogP) is 11.9. The average Bonchev–Trinajstić information content (AvgIpc) is 3.88. The van der Waals surface area contributed by atoms with E-state index in [2.05, 4.69) is 138 Å². The van der Waals surface area contributed by atoms with Crippen LogP contribution in [-0.2, 0) is 6.54 Å². The van der Waals surface area contributed by atoms with Crippen LogP contribution in [0.15, 0.2) is 183 Å².